The minimum Gasteiger partial charge on any atom is -0.361 e. The maximum Gasteiger partial charge on any atom is 0.236 e. The molecule has 0 aliphatic rings. The van der Waals surface area contributed by atoms with E-state index in [2.05, 4.69) is 10.5 Å². The van der Waals surface area contributed by atoms with Crippen LogP contribution in [0, 0.1) is 13.8 Å². The Bertz CT molecular complexity index is 311. The number of aromatic nitrogens is 1. The van der Waals surface area contributed by atoms with E-state index in [1.54, 1.807) is 6.92 Å². The van der Waals surface area contributed by atoms with Crippen molar-refractivity contribution in [1.82, 2.24) is 10.5 Å². The molecule has 0 aliphatic heterocycles. The van der Waals surface area contributed by atoms with Crippen LogP contribution >= 0.6 is 0 Å². The smallest absolute Gasteiger partial charge is 0.236 e. The number of amides is 1. The summed E-state index contributed by atoms with van der Waals surface area (Å²) in [5, 5.41) is 6.48. The fourth-order valence-electron chi connectivity index (χ4n) is 1.09. The molecule has 0 bridgehead atoms. The van der Waals surface area contributed by atoms with Gasteiger partial charge in [0.2, 0.25) is 5.91 Å². The fraction of sp³-hybridized carbons (Fsp3) is 0.556. The van der Waals surface area contributed by atoms with E-state index in [0.29, 0.717) is 6.54 Å². The quantitative estimate of drug-likeness (QED) is 0.728. The van der Waals surface area contributed by atoms with Crippen molar-refractivity contribution in [3.8, 4) is 0 Å². The number of rotatable bonds is 3. The maximum atomic E-state index is 11.2. The van der Waals surface area contributed by atoms with Gasteiger partial charge >= 0.3 is 0 Å². The fourth-order valence-corrected chi connectivity index (χ4v) is 1.09. The number of aryl methyl sites for hydroxylation is 2. The second kappa shape index (κ2) is 4.23. The summed E-state index contributed by atoms with van der Waals surface area (Å²) in [6, 6.07) is -0.490. The second-order valence-electron chi connectivity index (χ2n) is 3.31. The van der Waals surface area contributed by atoms with Gasteiger partial charge in [0.1, 0.15) is 5.76 Å². The number of nitrogens with zero attached hydrogens (tertiary/aromatic N) is 1. The Balaban J connectivity index is 2.58. The number of hydrogen-bond acceptors (Lipinski definition) is 4. The van der Waals surface area contributed by atoms with E-state index in [1.165, 1.54) is 0 Å². The lowest BCUT2D eigenvalue weighted by molar-refractivity contribution is -0.122. The van der Waals surface area contributed by atoms with E-state index < -0.39 is 6.04 Å². The van der Waals surface area contributed by atoms with Crippen LogP contribution in [0.5, 0.6) is 0 Å². The van der Waals surface area contributed by atoms with Gasteiger partial charge in [0.25, 0.3) is 0 Å². The minimum atomic E-state index is -0.490. The van der Waals surface area contributed by atoms with Crippen LogP contribution in [0.25, 0.3) is 0 Å². The highest BCUT2D eigenvalue weighted by Gasteiger charge is 2.11. The van der Waals surface area contributed by atoms with E-state index in [4.69, 9.17) is 10.3 Å². The van der Waals surface area contributed by atoms with E-state index >= 15 is 0 Å². The lowest BCUT2D eigenvalue weighted by Gasteiger charge is -2.06. The highest BCUT2D eigenvalue weighted by Crippen LogP contribution is 2.11. The molecule has 0 aliphatic carbocycles. The van der Waals surface area contributed by atoms with Crippen molar-refractivity contribution in [2.45, 2.75) is 33.4 Å². The Morgan fingerprint density at radius 2 is 2.29 bits per heavy atom. The number of carbonyl (C=O) groups is 1. The Morgan fingerprint density at radius 1 is 1.64 bits per heavy atom. The summed E-state index contributed by atoms with van der Waals surface area (Å²) >= 11 is 0. The van der Waals surface area contributed by atoms with Crippen LogP contribution in [-0.4, -0.2) is 17.1 Å². The first-order valence-corrected chi connectivity index (χ1v) is 4.47. The zero-order chi connectivity index (χ0) is 10.7. The average Bonchev–Trinajstić information content (AvgIpc) is 2.43. The molecule has 14 heavy (non-hydrogen) atoms. The lowest BCUT2D eigenvalue weighted by atomic mass is 10.2. The Morgan fingerprint density at radius 3 is 2.71 bits per heavy atom. The van der Waals surface area contributed by atoms with Crippen molar-refractivity contribution in [2.75, 3.05) is 0 Å². The van der Waals surface area contributed by atoms with Gasteiger partial charge in [-0.2, -0.15) is 0 Å². The predicted molar refractivity (Wildman–Crippen MR) is 51.5 cm³/mol. The van der Waals surface area contributed by atoms with Gasteiger partial charge in [0.15, 0.2) is 0 Å². The first-order chi connectivity index (χ1) is 6.52. The summed E-state index contributed by atoms with van der Waals surface area (Å²) in [4.78, 5) is 11.2. The van der Waals surface area contributed by atoms with Crippen molar-refractivity contribution in [3.63, 3.8) is 0 Å². The SMILES string of the molecule is Cc1noc(C)c1CNC(=O)[C@H](C)N. The first-order valence-electron chi connectivity index (χ1n) is 4.47. The van der Waals surface area contributed by atoms with Gasteiger partial charge < -0.3 is 15.6 Å². The topological polar surface area (TPSA) is 81.2 Å². The number of carbonyl (C=O) groups excluding carboxylic acids is 1. The monoisotopic (exact) mass is 197 g/mol. The predicted octanol–water partition coefficient (Wildman–Crippen LogP) is 0.255. The van der Waals surface area contributed by atoms with Crippen LogP contribution in [-0.2, 0) is 11.3 Å². The third kappa shape index (κ3) is 2.32. The average molecular weight is 197 g/mol. The van der Waals surface area contributed by atoms with Gasteiger partial charge in [0.05, 0.1) is 11.7 Å². The highest BCUT2D eigenvalue weighted by atomic mass is 16.5. The Hall–Kier alpha value is -1.36. The summed E-state index contributed by atoms with van der Waals surface area (Å²) in [6.07, 6.45) is 0. The molecule has 1 aromatic heterocycles. The molecule has 0 saturated carbocycles. The highest BCUT2D eigenvalue weighted by molar-refractivity contribution is 5.80. The van der Waals surface area contributed by atoms with Gasteiger partial charge in [-0.15, -0.1) is 0 Å². The molecule has 78 valence electrons. The molecule has 1 aromatic rings. The molecule has 1 heterocycles. The molecule has 3 N–H and O–H groups in total. The normalized spacial score (nSPS) is 12.6. The van der Waals surface area contributed by atoms with Crippen molar-refractivity contribution in [2.24, 2.45) is 5.73 Å². The molecule has 0 fully saturated rings. The van der Waals surface area contributed by atoms with E-state index in [9.17, 15) is 4.79 Å². The van der Waals surface area contributed by atoms with E-state index in [-0.39, 0.29) is 5.91 Å². The van der Waals surface area contributed by atoms with Crippen LogP contribution in [0.3, 0.4) is 0 Å². The van der Waals surface area contributed by atoms with Gasteiger partial charge in [-0.05, 0) is 20.8 Å². The van der Waals surface area contributed by atoms with Crippen molar-refractivity contribution in [3.05, 3.63) is 17.0 Å². The molecule has 1 atom stereocenters. The lowest BCUT2D eigenvalue weighted by Crippen LogP contribution is -2.37. The number of hydrogen-bond donors (Lipinski definition) is 2. The van der Waals surface area contributed by atoms with Gasteiger partial charge in [-0.1, -0.05) is 5.16 Å². The summed E-state index contributed by atoms with van der Waals surface area (Å²) in [6.45, 7) is 5.71. The van der Waals surface area contributed by atoms with E-state index in [0.717, 1.165) is 17.0 Å². The van der Waals surface area contributed by atoms with Crippen LogP contribution in [0.2, 0.25) is 0 Å². The molecule has 5 nitrogen and oxygen atoms in total. The van der Waals surface area contributed by atoms with Gasteiger partial charge in [-0.25, -0.2) is 0 Å². The molecule has 1 amide bonds. The molecule has 5 heteroatoms. The third-order valence-corrected chi connectivity index (χ3v) is 2.03. The van der Waals surface area contributed by atoms with E-state index in [1.807, 2.05) is 13.8 Å². The molecule has 0 saturated heterocycles. The van der Waals surface area contributed by atoms with Gasteiger partial charge in [0, 0.05) is 12.1 Å². The van der Waals surface area contributed by atoms with Gasteiger partial charge in [-0.3, -0.25) is 4.79 Å². The second-order valence-corrected chi connectivity index (χ2v) is 3.31. The van der Waals surface area contributed by atoms with Crippen molar-refractivity contribution in [1.29, 1.82) is 0 Å². The molecular weight excluding hydrogens is 182 g/mol. The molecule has 1 rings (SSSR count). The van der Waals surface area contributed by atoms with Crippen molar-refractivity contribution < 1.29 is 9.32 Å². The summed E-state index contributed by atoms with van der Waals surface area (Å²) in [7, 11) is 0. The molecule has 0 aromatic carbocycles. The zero-order valence-electron chi connectivity index (χ0n) is 8.63. The molecule has 0 spiro atoms. The minimum absolute atomic E-state index is 0.176. The molecule has 0 unspecified atom stereocenters. The Labute approximate surface area is 82.6 Å². The van der Waals surface area contributed by atoms with Crippen LogP contribution in [0.4, 0.5) is 0 Å². The summed E-state index contributed by atoms with van der Waals surface area (Å²) < 4.78 is 4.96. The van der Waals surface area contributed by atoms with Crippen LogP contribution in [0.1, 0.15) is 23.9 Å². The zero-order valence-corrected chi connectivity index (χ0v) is 8.63. The number of nitrogens with one attached hydrogen (secondary N) is 1. The molecular formula is C9H15N3O2. The summed E-state index contributed by atoms with van der Waals surface area (Å²) in [5.74, 6) is 0.553. The first kappa shape index (κ1) is 10.7. The largest absolute Gasteiger partial charge is 0.361 e. The van der Waals surface area contributed by atoms with Crippen molar-refractivity contribution >= 4 is 5.91 Å². The standard InChI is InChI=1S/C9H15N3O2/c1-5(10)9(13)11-4-8-6(2)12-14-7(8)3/h5H,4,10H2,1-3H3,(H,11,13)/t5-/m0/s1. The Kier molecular flexibility index (Phi) is 3.24. The van der Waals surface area contributed by atoms with Crippen LogP contribution in [0.15, 0.2) is 4.52 Å². The molecule has 0 radical (unpaired) electrons. The third-order valence-electron chi connectivity index (χ3n) is 2.03. The summed E-state index contributed by atoms with van der Waals surface area (Å²) in [5.41, 5.74) is 7.11. The maximum absolute atomic E-state index is 11.2. The number of nitrogens with two attached hydrogens (primary N) is 1. The van der Waals surface area contributed by atoms with Crippen LogP contribution < -0.4 is 11.1 Å².